The zero-order valence-corrected chi connectivity index (χ0v) is 78.6. The second-order valence-electron chi connectivity index (χ2n) is 48.2. The average molecular weight is 1520 g/mol. The van der Waals surface area contributed by atoms with Crippen LogP contribution in [0.5, 0.6) is 0 Å². The normalized spacial score (nSPS) is 37.2. The summed E-state index contributed by atoms with van der Waals surface area (Å²) in [4.78, 5) is 0. The molecule has 115 heavy (non-hydrogen) atoms. The monoisotopic (exact) mass is 1520 g/mol. The topological polar surface area (TPSA) is 0 Å². The molecule has 0 nitrogen and oxygen atoms in total. The Hall–Kier alpha value is -7.02. The molecule has 6 atom stereocenters. The molecule has 0 heterocycles. The van der Waals surface area contributed by atoms with Crippen LogP contribution in [0.25, 0.3) is 0 Å². The third-order valence-electron chi connectivity index (χ3n) is 43.3. The molecule has 24 aliphatic carbocycles. The van der Waals surface area contributed by atoms with Gasteiger partial charge in [-0.15, -0.1) is 0 Å². The summed E-state index contributed by atoms with van der Waals surface area (Å²) < 4.78 is 0. The third kappa shape index (κ3) is 6.59. The number of hydrogen-bond donors (Lipinski definition) is 0. The van der Waals surface area contributed by atoms with E-state index in [1.807, 2.05) is 0 Å². The van der Waals surface area contributed by atoms with E-state index in [0.717, 1.165) is 0 Å². The Morgan fingerprint density at radius 1 is 0.200 bits per heavy atom. The number of rotatable bonds is 0. The van der Waals surface area contributed by atoms with Gasteiger partial charge in [-0.1, -0.05) is 237 Å². The first kappa shape index (κ1) is 74.3. The van der Waals surface area contributed by atoms with Gasteiger partial charge >= 0.3 is 0 Å². The highest BCUT2D eigenvalue weighted by Crippen LogP contribution is 2.89. The first-order chi connectivity index (χ1) is 52.9. The molecule has 0 aromatic carbocycles. The average Bonchev–Trinajstić information content (AvgIpc) is 1.41. The van der Waals surface area contributed by atoms with E-state index < -0.39 is 0 Å². The summed E-state index contributed by atoms with van der Waals surface area (Å²) in [6, 6.07) is 0. The predicted octanol–water partition coefficient (Wildman–Crippen LogP) is 30.6. The molecule has 24 rings (SSSR count). The summed E-state index contributed by atoms with van der Waals surface area (Å²) in [5, 5.41) is 0. The largest absolute Gasteiger partial charge is 0.0577 e. The van der Waals surface area contributed by atoms with Crippen molar-refractivity contribution in [3.05, 3.63) is 305 Å². The van der Waals surface area contributed by atoms with Crippen LogP contribution in [0.4, 0.5) is 0 Å². The van der Waals surface area contributed by atoms with Crippen LogP contribution in [0, 0.1) is 117 Å². The Morgan fingerprint density at radius 3 is 1.03 bits per heavy atom. The minimum atomic E-state index is -0.0587. The summed E-state index contributed by atoms with van der Waals surface area (Å²) in [5.41, 5.74) is 75.2. The molecule has 0 aliphatic heterocycles. The Labute approximate surface area is 694 Å². The molecule has 0 aromatic heterocycles. The van der Waals surface area contributed by atoms with Gasteiger partial charge in [0, 0.05) is 51.8 Å². The Bertz CT molecular complexity index is 6170. The van der Waals surface area contributed by atoms with Gasteiger partial charge in [0.15, 0.2) is 0 Å². The van der Waals surface area contributed by atoms with E-state index in [9.17, 15) is 0 Å². The van der Waals surface area contributed by atoms with Gasteiger partial charge in [-0.25, -0.2) is 0 Å². The highest BCUT2D eigenvalue weighted by molar-refractivity contribution is 5.92. The lowest BCUT2D eigenvalue weighted by molar-refractivity contribution is 0.215. The fourth-order valence-electron chi connectivity index (χ4n) is 32.8. The first-order valence-corrected chi connectivity index (χ1v) is 45.3. The van der Waals surface area contributed by atoms with Crippen LogP contribution in [0.1, 0.15) is 277 Å². The van der Waals surface area contributed by atoms with E-state index in [2.05, 4.69) is 326 Å². The molecular formula is C115H134. The number of hydrogen-bond acceptors (Lipinski definition) is 0. The Kier molecular flexibility index (Phi) is 12.7. The van der Waals surface area contributed by atoms with Crippen LogP contribution in [-0.2, 0) is 0 Å². The van der Waals surface area contributed by atoms with Gasteiger partial charge < -0.3 is 0 Å². The van der Waals surface area contributed by atoms with Gasteiger partial charge in [-0.3, -0.25) is 0 Å². The van der Waals surface area contributed by atoms with Crippen LogP contribution in [0.2, 0.25) is 0 Å². The van der Waals surface area contributed by atoms with Gasteiger partial charge in [0.1, 0.15) is 0 Å². The smallest absolute Gasteiger partial charge is 0.0433 e. The molecule has 594 valence electrons. The van der Waals surface area contributed by atoms with Crippen LogP contribution in [0.3, 0.4) is 0 Å². The maximum Gasteiger partial charge on any atom is 0.0433 e. The molecule has 0 bridgehead atoms. The van der Waals surface area contributed by atoms with Crippen molar-refractivity contribution >= 4 is 0 Å². The molecule has 0 aromatic rings. The third-order valence-corrected chi connectivity index (χ3v) is 43.3. The van der Waals surface area contributed by atoms with Crippen molar-refractivity contribution < 1.29 is 0 Å². The van der Waals surface area contributed by atoms with Gasteiger partial charge in [0.05, 0.1) is 0 Å². The van der Waals surface area contributed by atoms with Gasteiger partial charge in [-0.05, 0) is 410 Å². The van der Waals surface area contributed by atoms with E-state index in [4.69, 9.17) is 0 Å². The summed E-state index contributed by atoms with van der Waals surface area (Å²) >= 11 is 0. The lowest BCUT2D eigenvalue weighted by Gasteiger charge is -2.60. The fraction of sp³-hybridized carbons (Fsp3) is 0.530. The van der Waals surface area contributed by atoms with E-state index in [1.54, 1.807) is 201 Å². The molecule has 4 unspecified atom stereocenters. The zero-order chi connectivity index (χ0) is 83.2. The lowest BCUT2D eigenvalue weighted by Crippen LogP contribution is -2.52. The second kappa shape index (κ2) is 19.7. The van der Waals surface area contributed by atoms with Gasteiger partial charge in [-0.2, -0.15) is 0 Å². The molecular weight excluding hydrogens is 1380 g/mol. The molecule has 0 heteroatoms. The second-order valence-corrected chi connectivity index (χ2v) is 48.2. The SMILES string of the molecule is CC1=C(C)C2=C3C1=C(C)C1=C(C)C(C)=C4C(C)=C5C6=C(C(C)=C7C(C(=C2C)C(C)(C)C7(C)C)[C@]36C14)C(C)(C)C5(C)C.CC1=C(C)C2=C3C1=CC1=C(C)C(C)=C4C=C5C6=C(C=C7C(C(=C2)C(C)(C)C7(C)C)[C@]36C14)C(C)(C)C5(C)C.CC1=C(C)C2=CC3=C4C(=CC5=C(C)C(C)=C6C=C7C8=C(C=C1C2C84C65)C(C)(C)C7(C)C)C(C)(C)C3(C)C. The van der Waals surface area contributed by atoms with Crippen molar-refractivity contribution in [2.75, 3.05) is 0 Å². The van der Waals surface area contributed by atoms with E-state index in [1.165, 1.54) is 55.7 Å². The minimum absolute atomic E-state index is 0.0220. The molecule has 0 N–H and O–H groups in total. The summed E-state index contributed by atoms with van der Waals surface area (Å²) in [5.74, 6) is 2.57. The van der Waals surface area contributed by atoms with E-state index in [-0.39, 0.29) is 81.2 Å². The Balaban J connectivity index is 0.000000105. The maximum atomic E-state index is 2.73. The van der Waals surface area contributed by atoms with Crippen molar-refractivity contribution in [2.24, 2.45) is 117 Å². The van der Waals surface area contributed by atoms with E-state index in [0.29, 0.717) is 35.5 Å². The quantitative estimate of drug-likeness (QED) is 0.227. The van der Waals surface area contributed by atoms with Crippen molar-refractivity contribution in [1.82, 2.24) is 0 Å². The van der Waals surface area contributed by atoms with Crippen LogP contribution >= 0.6 is 0 Å². The molecule has 2 fully saturated rings. The van der Waals surface area contributed by atoms with Crippen molar-refractivity contribution in [3.8, 4) is 0 Å². The standard InChI is InChI=1S/C41H50.2C37H42/c1-17-19(3)27-22(6)29-35-31(39(13,14)37(29,9)10)24(8)32-36-30(38(11,12)40(32,15)16)23(7)28-20(4)18(2)26-21(5)25(17)33(27)41(35,36)34(26)28;1-17-19(3)23-14-25-31-27(35(9,10)33(25,5)6)16-28-32-26(34(7,8)36(28,11)12)15-24-20(4)18(2)22-13-21(17)29(23)37(31,32)30(22)24;1-17-18(2)22-14-26-32-28(36(11,12)34(26,7)8)16-24-20(4)19(3)23-15-27-31-25(33(5,6)35(27,9)10)13-21(17)29(22)37(31,32)30(23)24/h33,36H,1-16H3;13-16,29,32H,1-12H3;13-16,29-30H,1-12H3/t33?,36?,41-;29?,32?,37-;/m11./s1. The molecule has 24 aliphatic rings. The van der Waals surface area contributed by atoms with Gasteiger partial charge in [0.2, 0.25) is 0 Å². The van der Waals surface area contributed by atoms with Crippen LogP contribution in [-0.4, -0.2) is 0 Å². The molecule has 2 saturated carbocycles. The lowest BCUT2D eigenvalue weighted by atomic mass is 9.41. The molecule has 0 saturated heterocycles. The van der Waals surface area contributed by atoms with Crippen molar-refractivity contribution in [3.63, 3.8) is 0 Å². The number of allylic oxidation sites excluding steroid dienone is 54. The predicted molar refractivity (Wildman–Crippen MR) is 483 cm³/mol. The van der Waals surface area contributed by atoms with Gasteiger partial charge in [0.25, 0.3) is 0 Å². The van der Waals surface area contributed by atoms with Crippen molar-refractivity contribution in [1.29, 1.82) is 0 Å². The highest BCUT2D eigenvalue weighted by Gasteiger charge is 2.80. The maximum absolute atomic E-state index is 2.73. The summed E-state index contributed by atoms with van der Waals surface area (Å²) in [6.07, 6.45) is 21.4. The van der Waals surface area contributed by atoms with Crippen LogP contribution in [0.15, 0.2) is 305 Å². The highest BCUT2D eigenvalue weighted by atomic mass is 14.8. The zero-order valence-electron chi connectivity index (χ0n) is 78.6. The molecule has 0 amide bonds. The summed E-state index contributed by atoms with van der Waals surface area (Å²) in [6.45, 7) is 100. The first-order valence-electron chi connectivity index (χ1n) is 45.3. The van der Waals surface area contributed by atoms with Crippen molar-refractivity contribution in [2.45, 2.75) is 277 Å². The van der Waals surface area contributed by atoms with Crippen LogP contribution < -0.4 is 0 Å². The Morgan fingerprint density at radius 2 is 0.574 bits per heavy atom. The minimum Gasteiger partial charge on any atom is -0.0577 e. The molecule has 3 spiro atoms. The van der Waals surface area contributed by atoms with E-state index >= 15 is 0 Å². The summed E-state index contributed by atoms with van der Waals surface area (Å²) in [7, 11) is 0. The molecule has 0 radical (unpaired) electrons. The fourth-order valence-corrected chi connectivity index (χ4v) is 32.8.